The van der Waals surface area contributed by atoms with E-state index < -0.39 is 10.0 Å². The van der Waals surface area contributed by atoms with E-state index in [-0.39, 0.29) is 9.92 Å². The summed E-state index contributed by atoms with van der Waals surface area (Å²) in [5.41, 5.74) is 0. The summed E-state index contributed by atoms with van der Waals surface area (Å²) in [6, 6.07) is 8.33. The first kappa shape index (κ1) is 16.3. The SMILES string of the molecule is O=S(=O)(NCCc1ccc(Cl)s1)c1ccc(Br)cc1Cl. The largest absolute Gasteiger partial charge is 0.242 e. The van der Waals surface area contributed by atoms with Crippen LogP contribution in [0.5, 0.6) is 0 Å². The Bertz CT molecular complexity index is 716. The van der Waals surface area contributed by atoms with Crippen molar-refractivity contribution in [1.82, 2.24) is 4.72 Å². The highest BCUT2D eigenvalue weighted by atomic mass is 79.9. The zero-order valence-corrected chi connectivity index (χ0v) is 14.8. The Hall–Kier alpha value is -0.110. The number of nitrogens with one attached hydrogen (secondary N) is 1. The summed E-state index contributed by atoms with van der Waals surface area (Å²) in [7, 11) is -3.60. The molecule has 0 saturated carbocycles. The van der Waals surface area contributed by atoms with Gasteiger partial charge in [0.15, 0.2) is 0 Å². The molecular formula is C12H10BrCl2NO2S2. The van der Waals surface area contributed by atoms with Crippen molar-refractivity contribution in [1.29, 1.82) is 0 Å². The summed E-state index contributed by atoms with van der Waals surface area (Å²) in [6.07, 6.45) is 0.588. The van der Waals surface area contributed by atoms with E-state index in [0.29, 0.717) is 17.3 Å². The van der Waals surface area contributed by atoms with Crippen molar-refractivity contribution < 1.29 is 8.42 Å². The van der Waals surface area contributed by atoms with Crippen molar-refractivity contribution >= 4 is 60.5 Å². The molecule has 0 aliphatic rings. The molecule has 0 amide bonds. The molecule has 0 radical (unpaired) electrons. The first-order valence-electron chi connectivity index (χ1n) is 5.57. The predicted molar refractivity (Wildman–Crippen MR) is 87.4 cm³/mol. The molecule has 8 heteroatoms. The molecule has 0 saturated heterocycles. The van der Waals surface area contributed by atoms with Crippen LogP contribution in [0.1, 0.15) is 4.88 Å². The van der Waals surface area contributed by atoms with E-state index in [1.807, 2.05) is 6.07 Å². The Morgan fingerprint density at radius 2 is 1.95 bits per heavy atom. The van der Waals surface area contributed by atoms with Crippen LogP contribution in [0, 0.1) is 0 Å². The van der Waals surface area contributed by atoms with Crippen LogP contribution in [0.3, 0.4) is 0 Å². The predicted octanol–water partition coefficient (Wildman–Crippen LogP) is 4.34. The van der Waals surface area contributed by atoms with Gasteiger partial charge < -0.3 is 0 Å². The first-order chi connectivity index (χ1) is 9.38. The van der Waals surface area contributed by atoms with E-state index in [1.54, 1.807) is 18.2 Å². The quantitative estimate of drug-likeness (QED) is 0.790. The van der Waals surface area contributed by atoms with Crippen LogP contribution in [-0.2, 0) is 16.4 Å². The third-order valence-corrected chi connectivity index (χ3v) is 6.20. The van der Waals surface area contributed by atoms with Crippen molar-refractivity contribution in [3.05, 3.63) is 49.0 Å². The molecule has 2 aromatic rings. The van der Waals surface area contributed by atoms with Crippen LogP contribution >= 0.6 is 50.5 Å². The molecule has 0 atom stereocenters. The van der Waals surface area contributed by atoms with E-state index in [0.717, 1.165) is 9.35 Å². The minimum atomic E-state index is -3.60. The molecule has 1 aromatic heterocycles. The molecule has 0 fully saturated rings. The van der Waals surface area contributed by atoms with Gasteiger partial charge in [0.05, 0.1) is 9.36 Å². The smallest absolute Gasteiger partial charge is 0.211 e. The molecule has 108 valence electrons. The molecule has 20 heavy (non-hydrogen) atoms. The average Bonchev–Trinajstić information content (AvgIpc) is 2.74. The number of rotatable bonds is 5. The van der Waals surface area contributed by atoms with E-state index in [9.17, 15) is 8.42 Å². The highest BCUT2D eigenvalue weighted by Crippen LogP contribution is 2.25. The fraction of sp³-hybridized carbons (Fsp3) is 0.167. The second-order valence-electron chi connectivity index (χ2n) is 3.93. The fourth-order valence-corrected chi connectivity index (χ4v) is 4.72. The van der Waals surface area contributed by atoms with E-state index >= 15 is 0 Å². The molecule has 0 spiro atoms. The first-order valence-corrected chi connectivity index (χ1v) is 9.42. The Morgan fingerprint density at radius 1 is 1.20 bits per heavy atom. The lowest BCUT2D eigenvalue weighted by molar-refractivity contribution is 0.582. The minimum Gasteiger partial charge on any atom is -0.211 e. The Balaban J connectivity index is 2.04. The van der Waals surface area contributed by atoms with E-state index in [2.05, 4.69) is 20.7 Å². The topological polar surface area (TPSA) is 46.2 Å². The van der Waals surface area contributed by atoms with Crippen molar-refractivity contribution in [3.8, 4) is 0 Å². The number of thiophene rings is 1. The molecule has 2 rings (SSSR count). The number of halogens is 3. The van der Waals surface area contributed by atoms with Crippen LogP contribution in [0.25, 0.3) is 0 Å². The maximum Gasteiger partial charge on any atom is 0.242 e. The number of hydrogen-bond acceptors (Lipinski definition) is 3. The Labute approximate surface area is 140 Å². The van der Waals surface area contributed by atoms with Gasteiger partial charge in [-0.3, -0.25) is 0 Å². The molecule has 3 nitrogen and oxygen atoms in total. The zero-order chi connectivity index (χ0) is 14.8. The third-order valence-electron chi connectivity index (χ3n) is 2.48. The molecule has 0 unspecified atom stereocenters. The molecule has 0 aliphatic carbocycles. The average molecular weight is 415 g/mol. The highest BCUT2D eigenvalue weighted by molar-refractivity contribution is 9.10. The van der Waals surface area contributed by atoms with Crippen molar-refractivity contribution in [2.45, 2.75) is 11.3 Å². The molecule has 1 N–H and O–H groups in total. The summed E-state index contributed by atoms with van der Waals surface area (Å²) < 4.78 is 28.2. The van der Waals surface area contributed by atoms with Crippen LogP contribution in [0.4, 0.5) is 0 Å². The maximum absolute atomic E-state index is 12.1. The lowest BCUT2D eigenvalue weighted by Crippen LogP contribution is -2.26. The van der Waals surface area contributed by atoms with Crippen LogP contribution < -0.4 is 4.72 Å². The molecule has 0 bridgehead atoms. The molecular weight excluding hydrogens is 405 g/mol. The van der Waals surface area contributed by atoms with Crippen LogP contribution in [0.2, 0.25) is 9.36 Å². The Kier molecular flexibility index (Phi) is 5.50. The second kappa shape index (κ2) is 6.77. The number of sulfonamides is 1. The van der Waals surface area contributed by atoms with Gasteiger partial charge in [-0.1, -0.05) is 39.1 Å². The van der Waals surface area contributed by atoms with Gasteiger partial charge in [0.1, 0.15) is 4.90 Å². The molecule has 1 aromatic carbocycles. The lowest BCUT2D eigenvalue weighted by Gasteiger charge is -2.08. The van der Waals surface area contributed by atoms with Gasteiger partial charge in [0.25, 0.3) is 0 Å². The normalized spacial score (nSPS) is 11.8. The standard InChI is InChI=1S/C12H10BrCl2NO2S2/c13-8-1-3-11(10(14)7-8)20(17,18)16-6-5-9-2-4-12(15)19-9/h1-4,7,16H,5-6H2. The zero-order valence-electron chi connectivity index (χ0n) is 10.1. The fourth-order valence-electron chi connectivity index (χ4n) is 1.57. The van der Waals surface area contributed by atoms with Crippen LogP contribution in [0.15, 0.2) is 39.7 Å². The van der Waals surface area contributed by atoms with Gasteiger partial charge in [-0.25, -0.2) is 13.1 Å². The number of hydrogen-bond donors (Lipinski definition) is 1. The van der Waals surface area contributed by atoms with Gasteiger partial charge in [0, 0.05) is 15.9 Å². The monoisotopic (exact) mass is 413 g/mol. The van der Waals surface area contributed by atoms with Crippen LogP contribution in [-0.4, -0.2) is 15.0 Å². The lowest BCUT2D eigenvalue weighted by atomic mass is 10.3. The van der Waals surface area contributed by atoms with Gasteiger partial charge >= 0.3 is 0 Å². The van der Waals surface area contributed by atoms with Gasteiger partial charge in [-0.2, -0.15) is 0 Å². The van der Waals surface area contributed by atoms with Gasteiger partial charge in [0.2, 0.25) is 10.0 Å². The Morgan fingerprint density at radius 3 is 2.55 bits per heavy atom. The molecule has 1 heterocycles. The third kappa shape index (κ3) is 4.19. The summed E-state index contributed by atoms with van der Waals surface area (Å²) in [5.74, 6) is 0. The van der Waals surface area contributed by atoms with Crippen molar-refractivity contribution in [3.63, 3.8) is 0 Å². The van der Waals surface area contributed by atoms with Crippen molar-refractivity contribution in [2.75, 3.05) is 6.54 Å². The maximum atomic E-state index is 12.1. The van der Waals surface area contributed by atoms with Crippen molar-refractivity contribution in [2.24, 2.45) is 0 Å². The second-order valence-corrected chi connectivity index (χ2v) is 8.79. The van der Waals surface area contributed by atoms with E-state index in [4.69, 9.17) is 23.2 Å². The number of benzene rings is 1. The summed E-state index contributed by atoms with van der Waals surface area (Å²) in [5, 5.41) is 0.186. The highest BCUT2D eigenvalue weighted by Gasteiger charge is 2.17. The van der Waals surface area contributed by atoms with E-state index in [1.165, 1.54) is 17.4 Å². The van der Waals surface area contributed by atoms with Gasteiger partial charge in [-0.05, 0) is 36.8 Å². The summed E-state index contributed by atoms with van der Waals surface area (Å²) in [4.78, 5) is 1.10. The molecule has 0 aliphatic heterocycles. The summed E-state index contributed by atoms with van der Waals surface area (Å²) >= 11 is 16.4. The minimum absolute atomic E-state index is 0.0755. The summed E-state index contributed by atoms with van der Waals surface area (Å²) in [6.45, 7) is 0.297. The van der Waals surface area contributed by atoms with Gasteiger partial charge in [-0.15, -0.1) is 11.3 Å².